The van der Waals surface area contributed by atoms with Crippen molar-refractivity contribution < 1.29 is 9.53 Å². The molecule has 1 heterocycles. The summed E-state index contributed by atoms with van der Waals surface area (Å²) in [5, 5.41) is 7.47. The molecule has 198 valence electrons. The van der Waals surface area contributed by atoms with Crippen LogP contribution >= 0.6 is 23.2 Å². The van der Waals surface area contributed by atoms with Crippen molar-refractivity contribution in [2.75, 3.05) is 28.9 Å². The van der Waals surface area contributed by atoms with Gasteiger partial charge in [-0.1, -0.05) is 71.7 Å². The number of hydrazone groups is 1. The van der Waals surface area contributed by atoms with E-state index in [1.807, 2.05) is 120 Å². The van der Waals surface area contributed by atoms with Gasteiger partial charge in [-0.25, -0.2) is 5.01 Å². The fourth-order valence-corrected chi connectivity index (χ4v) is 5.11. The molecule has 4 aromatic carbocycles. The Balaban J connectivity index is 1.68. The standard InChI is InChI=1S/C31H28Cl2N4O2/c1-21(38)30-34-37(26-12-8-5-9-13-26)31(36(30)25-16-14-24(15-17-25)35(2)3)27-18-23(32)19-28(33)29(27)39-20-22-10-6-4-7-11-22/h4-19,31H,20H2,1-3H3/t31-/m1/s1. The largest absolute Gasteiger partial charge is 0.487 e. The number of hydrogen-bond donors (Lipinski definition) is 0. The van der Waals surface area contributed by atoms with Gasteiger partial charge in [-0.3, -0.25) is 9.69 Å². The minimum Gasteiger partial charge on any atom is -0.487 e. The molecule has 39 heavy (non-hydrogen) atoms. The Kier molecular flexibility index (Phi) is 7.77. The van der Waals surface area contributed by atoms with E-state index in [1.165, 1.54) is 6.92 Å². The van der Waals surface area contributed by atoms with Gasteiger partial charge in [-0.2, -0.15) is 0 Å². The molecule has 4 aromatic rings. The number of carbonyl (C=O) groups excluding carboxylic acids is 1. The molecule has 0 radical (unpaired) electrons. The minimum absolute atomic E-state index is 0.171. The third kappa shape index (κ3) is 5.58. The summed E-state index contributed by atoms with van der Waals surface area (Å²) in [4.78, 5) is 16.9. The van der Waals surface area contributed by atoms with Crippen molar-refractivity contribution in [2.45, 2.75) is 19.7 Å². The fourth-order valence-electron chi connectivity index (χ4n) is 4.55. The highest BCUT2D eigenvalue weighted by atomic mass is 35.5. The number of ether oxygens (including phenoxy) is 1. The summed E-state index contributed by atoms with van der Waals surface area (Å²) >= 11 is 13.3. The van der Waals surface area contributed by atoms with Gasteiger partial charge in [0.25, 0.3) is 0 Å². The number of halogens is 2. The van der Waals surface area contributed by atoms with Crippen LogP contribution in [0, 0.1) is 0 Å². The Morgan fingerprint density at radius 1 is 0.897 bits per heavy atom. The first-order valence-electron chi connectivity index (χ1n) is 12.5. The van der Waals surface area contributed by atoms with Crippen LogP contribution in [0.5, 0.6) is 5.75 Å². The molecular formula is C31H28Cl2N4O2. The number of benzene rings is 4. The van der Waals surface area contributed by atoms with Crippen LogP contribution in [0.1, 0.15) is 24.2 Å². The zero-order chi connectivity index (χ0) is 27.5. The maximum absolute atomic E-state index is 13.0. The smallest absolute Gasteiger partial charge is 0.198 e. The molecule has 0 N–H and O–H groups in total. The van der Waals surface area contributed by atoms with Crippen molar-refractivity contribution in [1.82, 2.24) is 0 Å². The van der Waals surface area contributed by atoms with Gasteiger partial charge in [0, 0.05) is 43.0 Å². The van der Waals surface area contributed by atoms with Gasteiger partial charge in [-0.15, -0.1) is 5.10 Å². The highest BCUT2D eigenvalue weighted by Crippen LogP contribution is 2.45. The molecule has 0 aliphatic carbocycles. The number of ketones is 1. The number of hydrogen-bond acceptors (Lipinski definition) is 6. The number of nitrogens with zero attached hydrogens (tertiary/aromatic N) is 4. The van der Waals surface area contributed by atoms with Crippen LogP contribution in [-0.4, -0.2) is 25.7 Å². The van der Waals surface area contributed by atoms with Crippen LogP contribution in [0.4, 0.5) is 17.1 Å². The first-order chi connectivity index (χ1) is 18.8. The van der Waals surface area contributed by atoms with Crippen LogP contribution in [0.25, 0.3) is 0 Å². The third-order valence-corrected chi connectivity index (χ3v) is 6.93. The maximum atomic E-state index is 13.0. The van der Waals surface area contributed by atoms with Gasteiger partial charge in [0.05, 0.1) is 10.7 Å². The van der Waals surface area contributed by atoms with Crippen LogP contribution < -0.4 is 19.5 Å². The lowest BCUT2D eigenvalue weighted by atomic mass is 10.1. The summed E-state index contributed by atoms with van der Waals surface area (Å²) in [5.74, 6) is 0.604. The van der Waals surface area contributed by atoms with Crippen molar-refractivity contribution >= 4 is 51.9 Å². The van der Waals surface area contributed by atoms with Crippen molar-refractivity contribution in [3.8, 4) is 5.75 Å². The van der Waals surface area contributed by atoms with E-state index in [4.69, 9.17) is 33.0 Å². The molecule has 5 rings (SSSR count). The minimum atomic E-state index is -0.599. The normalized spacial score (nSPS) is 14.8. The molecule has 0 spiro atoms. The van der Waals surface area contributed by atoms with Crippen LogP contribution in [0.3, 0.4) is 0 Å². The van der Waals surface area contributed by atoms with E-state index in [9.17, 15) is 4.79 Å². The molecule has 0 saturated carbocycles. The second-order valence-corrected chi connectivity index (χ2v) is 10.2. The molecule has 6 nitrogen and oxygen atoms in total. The van der Waals surface area contributed by atoms with E-state index in [0.29, 0.717) is 33.8 Å². The van der Waals surface area contributed by atoms with Gasteiger partial charge >= 0.3 is 0 Å². The zero-order valence-electron chi connectivity index (χ0n) is 21.9. The fraction of sp³-hybridized carbons (Fsp3) is 0.161. The zero-order valence-corrected chi connectivity index (χ0v) is 23.4. The predicted molar refractivity (Wildman–Crippen MR) is 160 cm³/mol. The summed E-state index contributed by atoms with van der Waals surface area (Å²) in [6.07, 6.45) is -0.599. The molecule has 0 amide bonds. The Morgan fingerprint density at radius 3 is 2.15 bits per heavy atom. The van der Waals surface area contributed by atoms with Crippen molar-refractivity contribution in [1.29, 1.82) is 0 Å². The lowest BCUT2D eigenvalue weighted by Gasteiger charge is -2.33. The summed E-state index contributed by atoms with van der Waals surface area (Å²) in [5.41, 5.74) is 4.32. The SMILES string of the molecule is CC(=O)C1=NN(c2ccccc2)[C@H](c2cc(Cl)cc(Cl)c2OCc2ccccc2)N1c1ccc(N(C)C)cc1. The van der Waals surface area contributed by atoms with Crippen LogP contribution in [0.15, 0.2) is 102 Å². The highest BCUT2D eigenvalue weighted by molar-refractivity contribution is 6.44. The van der Waals surface area contributed by atoms with E-state index >= 15 is 0 Å². The lowest BCUT2D eigenvalue weighted by molar-refractivity contribution is -0.111. The molecular weight excluding hydrogens is 531 g/mol. The van der Waals surface area contributed by atoms with E-state index in [2.05, 4.69) is 0 Å². The first-order valence-corrected chi connectivity index (χ1v) is 13.2. The molecule has 1 atom stereocenters. The Morgan fingerprint density at radius 2 is 1.54 bits per heavy atom. The van der Waals surface area contributed by atoms with E-state index in [-0.39, 0.29) is 5.78 Å². The summed E-state index contributed by atoms with van der Waals surface area (Å²) in [7, 11) is 3.97. The predicted octanol–water partition coefficient (Wildman–Crippen LogP) is 7.57. The number of amidine groups is 1. The average Bonchev–Trinajstić information content (AvgIpc) is 3.34. The quantitative estimate of drug-likeness (QED) is 0.223. The number of rotatable bonds is 8. The van der Waals surface area contributed by atoms with Gasteiger partial charge in [0.1, 0.15) is 12.4 Å². The van der Waals surface area contributed by atoms with Crippen molar-refractivity contribution in [2.24, 2.45) is 5.10 Å². The van der Waals surface area contributed by atoms with Gasteiger partial charge in [0.15, 0.2) is 17.8 Å². The van der Waals surface area contributed by atoms with E-state index in [0.717, 1.165) is 22.6 Å². The summed E-state index contributed by atoms with van der Waals surface area (Å²) in [6.45, 7) is 1.83. The number of Topliss-reactive ketones (excluding diaryl/α,β-unsaturated/α-hetero) is 1. The maximum Gasteiger partial charge on any atom is 0.198 e. The second kappa shape index (κ2) is 11.4. The van der Waals surface area contributed by atoms with Crippen LogP contribution in [-0.2, 0) is 11.4 Å². The number of para-hydroxylation sites is 1. The Labute approximate surface area is 238 Å². The molecule has 1 aliphatic heterocycles. The monoisotopic (exact) mass is 558 g/mol. The van der Waals surface area contributed by atoms with Gasteiger partial charge in [-0.05, 0) is 54.1 Å². The molecule has 0 bridgehead atoms. The molecule has 0 aromatic heterocycles. The van der Waals surface area contributed by atoms with Gasteiger partial charge < -0.3 is 9.64 Å². The highest BCUT2D eigenvalue weighted by Gasteiger charge is 2.41. The Hall–Kier alpha value is -4.00. The number of anilines is 3. The lowest BCUT2D eigenvalue weighted by Crippen LogP contribution is -2.38. The van der Waals surface area contributed by atoms with Crippen molar-refractivity contribution in [3.63, 3.8) is 0 Å². The summed E-state index contributed by atoms with van der Waals surface area (Å²) < 4.78 is 6.35. The van der Waals surface area contributed by atoms with Gasteiger partial charge in [0.2, 0.25) is 0 Å². The molecule has 0 saturated heterocycles. The molecule has 1 aliphatic rings. The topological polar surface area (TPSA) is 48.4 Å². The second-order valence-electron chi connectivity index (χ2n) is 9.39. The molecule has 0 unspecified atom stereocenters. The van der Waals surface area contributed by atoms with E-state index < -0.39 is 6.17 Å². The molecule has 0 fully saturated rings. The Bertz CT molecular complexity index is 1490. The molecule has 8 heteroatoms. The van der Waals surface area contributed by atoms with Crippen molar-refractivity contribution in [3.05, 3.63) is 118 Å². The third-order valence-electron chi connectivity index (χ3n) is 6.43. The number of carbonyl (C=O) groups is 1. The summed E-state index contributed by atoms with van der Waals surface area (Å²) in [6, 6.07) is 31.0. The van der Waals surface area contributed by atoms with Crippen LogP contribution in [0.2, 0.25) is 10.0 Å². The average molecular weight is 559 g/mol. The first kappa shape index (κ1) is 26.6. The van der Waals surface area contributed by atoms with E-state index in [1.54, 1.807) is 6.07 Å².